The average molecular weight is 417 g/mol. The molecule has 0 atom stereocenters. The van der Waals surface area contributed by atoms with Gasteiger partial charge in [0.25, 0.3) is 5.91 Å². The van der Waals surface area contributed by atoms with Crippen molar-refractivity contribution in [2.45, 2.75) is 6.42 Å². The van der Waals surface area contributed by atoms with Crippen molar-refractivity contribution in [3.05, 3.63) is 34.3 Å². The molecule has 0 aliphatic carbocycles. The molecular weight excluding hydrogens is 398 g/mol. The lowest BCUT2D eigenvalue weighted by Crippen LogP contribution is -2.45. The Balaban J connectivity index is 0.00000208. The van der Waals surface area contributed by atoms with E-state index in [1.165, 1.54) is 10.5 Å². The number of carbonyl (C=O) groups is 2. The monoisotopic (exact) mass is 415 g/mol. The molecule has 2 heterocycles. The Kier molecular flexibility index (Phi) is 6.65. The van der Waals surface area contributed by atoms with E-state index in [2.05, 4.69) is 32.6 Å². The van der Waals surface area contributed by atoms with Crippen molar-refractivity contribution in [2.75, 3.05) is 37.7 Å². The zero-order valence-corrected chi connectivity index (χ0v) is 15.4. The minimum atomic E-state index is -0.212. The van der Waals surface area contributed by atoms with E-state index in [4.69, 9.17) is 4.74 Å². The number of benzene rings is 1. The van der Waals surface area contributed by atoms with E-state index in [1.807, 2.05) is 6.07 Å². The number of hydrogen-bond acceptors (Lipinski definition) is 4. The van der Waals surface area contributed by atoms with Crippen LogP contribution in [0.25, 0.3) is 0 Å². The van der Waals surface area contributed by atoms with E-state index in [-0.39, 0.29) is 37.4 Å². The van der Waals surface area contributed by atoms with Crippen molar-refractivity contribution in [2.24, 2.45) is 0 Å². The summed E-state index contributed by atoms with van der Waals surface area (Å²) in [6.07, 6.45) is 3.03. The number of nitrogens with one attached hydrogen (secondary N) is 2. The minimum absolute atomic E-state index is 0. The summed E-state index contributed by atoms with van der Waals surface area (Å²) < 4.78 is 6.28. The summed E-state index contributed by atoms with van der Waals surface area (Å²) in [6.45, 7) is 2.27. The van der Waals surface area contributed by atoms with Gasteiger partial charge in [-0.2, -0.15) is 0 Å². The van der Waals surface area contributed by atoms with Crippen molar-refractivity contribution in [3.8, 4) is 5.75 Å². The van der Waals surface area contributed by atoms with Gasteiger partial charge in [-0.05, 0) is 31.2 Å². The Bertz CT molecular complexity index is 666. The van der Waals surface area contributed by atoms with Crippen molar-refractivity contribution in [3.63, 3.8) is 0 Å². The van der Waals surface area contributed by atoms with Crippen molar-refractivity contribution in [1.82, 2.24) is 10.6 Å². The molecule has 6 nitrogen and oxygen atoms in total. The summed E-state index contributed by atoms with van der Waals surface area (Å²) in [5.41, 5.74) is 1.84. The molecular formula is C16H19BrClN3O3. The van der Waals surface area contributed by atoms with Crippen LogP contribution in [0, 0.1) is 0 Å². The van der Waals surface area contributed by atoms with Gasteiger partial charge in [-0.15, -0.1) is 12.4 Å². The fourth-order valence-corrected chi connectivity index (χ4v) is 2.93. The highest BCUT2D eigenvalue weighted by atomic mass is 79.9. The third-order valence-corrected chi connectivity index (χ3v) is 4.33. The van der Waals surface area contributed by atoms with Gasteiger partial charge in [0.15, 0.2) is 6.61 Å². The molecule has 0 fully saturated rings. The average Bonchev–Trinajstić information content (AvgIpc) is 2.56. The third kappa shape index (κ3) is 4.49. The summed E-state index contributed by atoms with van der Waals surface area (Å²) in [7, 11) is 0. The quantitative estimate of drug-likeness (QED) is 0.732. The van der Waals surface area contributed by atoms with Crippen LogP contribution in [-0.2, 0) is 9.59 Å². The second-order valence-electron chi connectivity index (χ2n) is 5.47. The van der Waals surface area contributed by atoms with Crippen LogP contribution in [0.15, 0.2) is 34.3 Å². The Morgan fingerprint density at radius 1 is 1.42 bits per heavy atom. The summed E-state index contributed by atoms with van der Waals surface area (Å²) in [4.78, 5) is 25.7. The largest absolute Gasteiger partial charge is 0.482 e. The highest BCUT2D eigenvalue weighted by Crippen LogP contribution is 2.34. The molecule has 1 aromatic carbocycles. The second kappa shape index (κ2) is 8.50. The van der Waals surface area contributed by atoms with Crippen molar-refractivity contribution in [1.29, 1.82) is 0 Å². The molecule has 2 aliphatic rings. The molecule has 8 heteroatoms. The van der Waals surface area contributed by atoms with Crippen LogP contribution in [0.5, 0.6) is 5.75 Å². The second-order valence-corrected chi connectivity index (χ2v) is 6.39. The smallest absolute Gasteiger partial charge is 0.265 e. The van der Waals surface area contributed by atoms with Gasteiger partial charge in [0.05, 0.1) is 5.69 Å². The van der Waals surface area contributed by atoms with Crippen LogP contribution in [0.1, 0.15) is 6.42 Å². The SMILES string of the molecule is Cl.O=C(CN1C(=O)COc2cc(Br)ccc21)NCC1=CCNCC1. The molecule has 24 heavy (non-hydrogen) atoms. The predicted octanol–water partition coefficient (Wildman–Crippen LogP) is 1.63. The third-order valence-electron chi connectivity index (χ3n) is 3.84. The number of anilines is 1. The fourth-order valence-electron chi connectivity index (χ4n) is 2.59. The van der Waals surface area contributed by atoms with Crippen LogP contribution in [-0.4, -0.2) is 44.6 Å². The highest BCUT2D eigenvalue weighted by molar-refractivity contribution is 9.10. The first kappa shape index (κ1) is 18.8. The van der Waals surface area contributed by atoms with Crippen LogP contribution in [0.3, 0.4) is 0 Å². The topological polar surface area (TPSA) is 70.7 Å². The van der Waals surface area contributed by atoms with Crippen LogP contribution < -0.4 is 20.3 Å². The van der Waals surface area contributed by atoms with E-state index in [1.54, 1.807) is 12.1 Å². The number of rotatable bonds is 4. The molecule has 0 saturated heterocycles. The highest BCUT2D eigenvalue weighted by Gasteiger charge is 2.27. The molecule has 2 aliphatic heterocycles. The predicted molar refractivity (Wildman–Crippen MR) is 97.8 cm³/mol. The molecule has 1 aromatic rings. The van der Waals surface area contributed by atoms with Crippen molar-refractivity contribution < 1.29 is 14.3 Å². The number of nitrogens with zero attached hydrogens (tertiary/aromatic N) is 1. The van der Waals surface area contributed by atoms with Crippen molar-refractivity contribution >= 4 is 45.8 Å². The molecule has 0 unspecified atom stereocenters. The molecule has 130 valence electrons. The Morgan fingerprint density at radius 3 is 3.00 bits per heavy atom. The maximum Gasteiger partial charge on any atom is 0.265 e. The minimum Gasteiger partial charge on any atom is -0.482 e. The summed E-state index contributed by atoms with van der Waals surface area (Å²) in [6, 6.07) is 5.40. The van der Waals surface area contributed by atoms with Crippen LogP contribution >= 0.6 is 28.3 Å². The van der Waals surface area contributed by atoms with E-state index < -0.39 is 0 Å². The first-order valence-corrected chi connectivity index (χ1v) is 8.31. The number of amides is 2. The standard InChI is InChI=1S/C16H18BrN3O3.ClH/c17-12-1-2-13-14(7-12)23-10-16(22)20(13)9-15(21)19-8-11-3-5-18-6-4-11;/h1-3,7,18H,4-6,8-10H2,(H,19,21);1H. The molecule has 0 spiro atoms. The lowest BCUT2D eigenvalue weighted by molar-refractivity contribution is -0.125. The Hall–Kier alpha value is -1.57. The zero-order valence-electron chi connectivity index (χ0n) is 13.0. The number of halogens is 2. The molecule has 0 bridgehead atoms. The molecule has 3 rings (SSSR count). The van der Waals surface area contributed by atoms with E-state index in [0.717, 1.165) is 24.0 Å². The van der Waals surface area contributed by atoms with Gasteiger partial charge < -0.3 is 15.4 Å². The lowest BCUT2D eigenvalue weighted by Gasteiger charge is -2.29. The maximum atomic E-state index is 12.2. The number of hydrogen-bond donors (Lipinski definition) is 2. The Labute approximate surface area is 155 Å². The summed E-state index contributed by atoms with van der Waals surface area (Å²) in [5, 5.41) is 6.11. The summed E-state index contributed by atoms with van der Waals surface area (Å²) >= 11 is 3.37. The fraction of sp³-hybridized carbons (Fsp3) is 0.375. The van der Waals surface area contributed by atoms with E-state index in [0.29, 0.717) is 18.0 Å². The molecule has 2 N–H and O–H groups in total. The van der Waals surface area contributed by atoms with Gasteiger partial charge in [0.1, 0.15) is 12.3 Å². The zero-order chi connectivity index (χ0) is 16.2. The summed E-state index contributed by atoms with van der Waals surface area (Å²) in [5.74, 6) is 0.220. The number of fused-ring (bicyclic) bond motifs is 1. The van der Waals surface area contributed by atoms with Crippen LogP contribution in [0.2, 0.25) is 0 Å². The molecule has 0 saturated carbocycles. The maximum absolute atomic E-state index is 12.2. The van der Waals surface area contributed by atoms with E-state index in [9.17, 15) is 9.59 Å². The van der Waals surface area contributed by atoms with Gasteiger partial charge in [-0.3, -0.25) is 14.5 Å². The normalized spacial score (nSPS) is 16.5. The van der Waals surface area contributed by atoms with Gasteiger partial charge in [0, 0.05) is 17.6 Å². The van der Waals surface area contributed by atoms with Gasteiger partial charge in [-0.25, -0.2) is 0 Å². The first-order chi connectivity index (χ1) is 11.1. The number of ether oxygens (including phenoxy) is 1. The molecule has 0 radical (unpaired) electrons. The molecule has 0 aromatic heterocycles. The van der Waals surface area contributed by atoms with E-state index >= 15 is 0 Å². The van der Waals surface area contributed by atoms with Gasteiger partial charge in [-0.1, -0.05) is 27.6 Å². The Morgan fingerprint density at radius 2 is 2.25 bits per heavy atom. The number of carbonyl (C=O) groups excluding carboxylic acids is 2. The molecule has 2 amide bonds. The lowest BCUT2D eigenvalue weighted by atomic mass is 10.1. The van der Waals surface area contributed by atoms with Gasteiger partial charge >= 0.3 is 0 Å². The van der Waals surface area contributed by atoms with Crippen LogP contribution in [0.4, 0.5) is 5.69 Å². The first-order valence-electron chi connectivity index (χ1n) is 7.51. The van der Waals surface area contributed by atoms with Gasteiger partial charge in [0.2, 0.25) is 5.91 Å².